The van der Waals surface area contributed by atoms with Gasteiger partial charge < -0.3 is 20.9 Å². The molecule has 0 unspecified atom stereocenters. The van der Waals surface area contributed by atoms with E-state index in [1.54, 1.807) is 0 Å². The monoisotopic (exact) mass is 271 g/mol. The summed E-state index contributed by atoms with van der Waals surface area (Å²) in [7, 11) is 0. The predicted molar refractivity (Wildman–Crippen MR) is 57.6 cm³/mol. The van der Waals surface area contributed by atoms with Gasteiger partial charge in [0.1, 0.15) is 0 Å². The van der Waals surface area contributed by atoms with Crippen LogP contribution in [0.15, 0.2) is 0 Å². The summed E-state index contributed by atoms with van der Waals surface area (Å²) in [6.45, 7) is 0. The quantitative estimate of drug-likeness (QED) is 0.284. The first kappa shape index (κ1) is 13.6. The molecule has 9 heteroatoms. The van der Waals surface area contributed by atoms with Gasteiger partial charge in [-0.15, -0.1) is 0 Å². The highest BCUT2D eigenvalue weighted by Crippen LogP contribution is 2.24. The average Bonchev–Trinajstić information content (AvgIpc) is 2.08. The third-order valence-electron chi connectivity index (χ3n) is 2.79. The summed E-state index contributed by atoms with van der Waals surface area (Å²) in [5, 5.41) is 2.64. The van der Waals surface area contributed by atoms with Crippen LogP contribution in [0.3, 0.4) is 0 Å². The Labute approximate surface area is 107 Å². The molecule has 0 bridgehead atoms. The van der Waals surface area contributed by atoms with Crippen LogP contribution in [0.2, 0.25) is 0 Å². The van der Waals surface area contributed by atoms with Gasteiger partial charge in [0.15, 0.2) is 0 Å². The number of hydrogen-bond acceptors (Lipinski definition) is 9. The zero-order chi connectivity index (χ0) is 14.3. The summed E-state index contributed by atoms with van der Waals surface area (Å²) in [4.78, 5) is 44.8. The molecule has 2 aliphatic rings. The number of cyclic esters (lactones) is 4. The van der Waals surface area contributed by atoms with Gasteiger partial charge >= 0.3 is 23.9 Å². The van der Waals surface area contributed by atoms with Crippen molar-refractivity contribution in [3.63, 3.8) is 0 Å². The third kappa shape index (κ3) is 3.13. The lowest BCUT2D eigenvalue weighted by Gasteiger charge is -2.41. The maximum Gasteiger partial charge on any atom is 0.316 e. The number of carbonyl (C=O) groups excluding carboxylic acids is 4. The molecule has 0 saturated carbocycles. The van der Waals surface area contributed by atoms with Crippen molar-refractivity contribution in [3.8, 4) is 0 Å². The number of nitrogens with one attached hydrogen (secondary N) is 1. The first-order valence-corrected chi connectivity index (χ1v) is 5.54. The van der Waals surface area contributed by atoms with Gasteiger partial charge in [0.05, 0.1) is 37.0 Å². The molecule has 0 radical (unpaired) electrons. The van der Waals surface area contributed by atoms with Gasteiger partial charge in [-0.25, -0.2) is 0 Å². The van der Waals surface area contributed by atoms with Gasteiger partial charge in [-0.3, -0.25) is 24.5 Å². The van der Waals surface area contributed by atoms with Gasteiger partial charge in [-0.05, 0) is 0 Å². The summed E-state index contributed by atoms with van der Waals surface area (Å²) < 4.78 is 8.70. The van der Waals surface area contributed by atoms with Crippen LogP contribution in [0.25, 0.3) is 0 Å². The molecule has 2 aliphatic heterocycles. The Morgan fingerprint density at radius 2 is 1.00 bits per heavy atom. The van der Waals surface area contributed by atoms with E-state index in [4.69, 9.17) is 11.5 Å². The first-order valence-electron chi connectivity index (χ1n) is 5.54. The van der Waals surface area contributed by atoms with E-state index in [0.717, 1.165) is 0 Å². The minimum absolute atomic E-state index is 0.291. The number of nitrogens with two attached hydrogens (primary N) is 2. The molecule has 0 atom stereocenters. The van der Waals surface area contributed by atoms with E-state index in [1.165, 1.54) is 0 Å². The smallest absolute Gasteiger partial charge is 0.316 e. The van der Waals surface area contributed by atoms with E-state index in [1.807, 2.05) is 0 Å². The zero-order valence-electron chi connectivity index (χ0n) is 9.93. The van der Waals surface area contributed by atoms with E-state index in [2.05, 4.69) is 14.8 Å². The molecule has 2 rings (SSSR count). The number of esters is 4. The normalized spacial score (nSPS) is 25.8. The summed E-state index contributed by atoms with van der Waals surface area (Å²) >= 11 is 0. The minimum atomic E-state index is -1.45. The second kappa shape index (κ2) is 4.37. The van der Waals surface area contributed by atoms with Crippen molar-refractivity contribution in [2.24, 2.45) is 11.5 Å². The van der Waals surface area contributed by atoms with Crippen LogP contribution in [0, 0.1) is 0 Å². The second-order valence-corrected chi connectivity index (χ2v) is 4.84. The second-order valence-electron chi connectivity index (χ2n) is 4.84. The lowest BCUT2D eigenvalue weighted by molar-refractivity contribution is -0.169. The predicted octanol–water partition coefficient (Wildman–Crippen LogP) is -2.39. The maximum absolute atomic E-state index is 11.2. The highest BCUT2D eigenvalue weighted by molar-refractivity contribution is 5.91. The molecule has 0 spiro atoms. The molecule has 2 saturated heterocycles. The van der Waals surface area contributed by atoms with Crippen LogP contribution >= 0.6 is 0 Å². The van der Waals surface area contributed by atoms with Gasteiger partial charge in [0.25, 0.3) is 0 Å². The maximum atomic E-state index is 11.2. The van der Waals surface area contributed by atoms with Crippen molar-refractivity contribution >= 4 is 23.9 Å². The van der Waals surface area contributed by atoms with Crippen molar-refractivity contribution in [3.05, 3.63) is 0 Å². The Balaban J connectivity index is 2.14. The highest BCUT2D eigenvalue weighted by atomic mass is 16.6. The third-order valence-corrected chi connectivity index (χ3v) is 2.79. The fraction of sp³-hybridized carbons (Fsp3) is 0.600. The molecule has 0 aliphatic carbocycles. The SMILES string of the molecule is NC1(NC2(N)CC(=O)OC(=O)C2)CC(=O)OC(=O)C1. The average molecular weight is 271 g/mol. The van der Waals surface area contributed by atoms with Crippen molar-refractivity contribution in [2.45, 2.75) is 37.0 Å². The molecular weight excluding hydrogens is 258 g/mol. The Kier molecular flexibility index (Phi) is 3.12. The molecular formula is C10H13N3O6. The van der Waals surface area contributed by atoms with E-state index < -0.39 is 35.2 Å². The topological polar surface area (TPSA) is 151 Å². The molecule has 0 aromatic heterocycles. The summed E-state index contributed by atoms with van der Waals surface area (Å²) in [6, 6.07) is 0. The fourth-order valence-electron chi connectivity index (χ4n) is 2.23. The van der Waals surface area contributed by atoms with E-state index in [0.29, 0.717) is 0 Å². The summed E-state index contributed by atoms with van der Waals surface area (Å²) in [5.41, 5.74) is 8.85. The standard InChI is InChI=1S/C10H13N3O6/c11-9(1-5(14)18-6(15)2-9)13-10(12)3-7(16)19-8(17)4-10/h13H,1-4,11-12H2. The highest BCUT2D eigenvalue weighted by Gasteiger charge is 2.46. The summed E-state index contributed by atoms with van der Waals surface area (Å²) in [5.74, 6) is -3.17. The van der Waals surface area contributed by atoms with Crippen molar-refractivity contribution < 1.29 is 28.7 Å². The van der Waals surface area contributed by atoms with Gasteiger partial charge in [-0.1, -0.05) is 0 Å². The Hall–Kier alpha value is -1.84. The molecule has 9 nitrogen and oxygen atoms in total. The van der Waals surface area contributed by atoms with Crippen LogP contribution in [0.1, 0.15) is 25.7 Å². The Morgan fingerprint density at radius 1 is 0.737 bits per heavy atom. The molecule has 0 aromatic carbocycles. The molecule has 5 N–H and O–H groups in total. The Bertz CT molecular complexity index is 400. The van der Waals surface area contributed by atoms with Crippen LogP contribution < -0.4 is 16.8 Å². The molecule has 0 amide bonds. The zero-order valence-corrected chi connectivity index (χ0v) is 9.93. The molecule has 19 heavy (non-hydrogen) atoms. The van der Waals surface area contributed by atoms with Crippen LogP contribution in [-0.4, -0.2) is 35.2 Å². The van der Waals surface area contributed by atoms with Gasteiger partial charge in [0.2, 0.25) is 0 Å². The lowest BCUT2D eigenvalue weighted by Crippen LogP contribution is -2.71. The van der Waals surface area contributed by atoms with Gasteiger partial charge in [0, 0.05) is 0 Å². The molecule has 2 fully saturated rings. The first-order chi connectivity index (χ1) is 8.70. The molecule has 0 aromatic rings. The number of ether oxygens (including phenoxy) is 2. The number of rotatable bonds is 2. The van der Waals surface area contributed by atoms with Crippen molar-refractivity contribution in [1.82, 2.24) is 5.32 Å². The largest absolute Gasteiger partial charge is 0.393 e. The van der Waals surface area contributed by atoms with E-state index in [9.17, 15) is 19.2 Å². The van der Waals surface area contributed by atoms with E-state index in [-0.39, 0.29) is 25.7 Å². The van der Waals surface area contributed by atoms with Gasteiger partial charge in [-0.2, -0.15) is 0 Å². The number of hydrogen-bond donors (Lipinski definition) is 3. The van der Waals surface area contributed by atoms with Crippen LogP contribution in [0.4, 0.5) is 0 Å². The number of carbonyl (C=O) groups is 4. The Morgan fingerprint density at radius 3 is 1.26 bits per heavy atom. The molecule has 104 valence electrons. The fourth-order valence-corrected chi connectivity index (χ4v) is 2.23. The van der Waals surface area contributed by atoms with Crippen LogP contribution in [0.5, 0.6) is 0 Å². The van der Waals surface area contributed by atoms with Crippen LogP contribution in [-0.2, 0) is 28.7 Å². The molecule has 2 heterocycles. The van der Waals surface area contributed by atoms with Crippen molar-refractivity contribution in [2.75, 3.05) is 0 Å². The lowest BCUT2D eigenvalue weighted by atomic mass is 9.93. The van der Waals surface area contributed by atoms with E-state index >= 15 is 0 Å². The minimum Gasteiger partial charge on any atom is -0.393 e. The summed E-state index contributed by atoms with van der Waals surface area (Å²) in [6.07, 6.45) is -1.16. The van der Waals surface area contributed by atoms with Crippen molar-refractivity contribution in [1.29, 1.82) is 0 Å².